The van der Waals surface area contributed by atoms with Crippen LogP contribution in [0.3, 0.4) is 0 Å². The van der Waals surface area contributed by atoms with E-state index in [1.54, 1.807) is 24.5 Å². The maximum absolute atomic E-state index is 12.9. The molecule has 16 heavy (non-hydrogen) atoms. The number of rotatable bonds is 3. The van der Waals surface area contributed by atoms with E-state index in [0.29, 0.717) is 11.4 Å². The summed E-state index contributed by atoms with van der Waals surface area (Å²) in [5.74, 6) is -0.165. The lowest BCUT2D eigenvalue weighted by Crippen LogP contribution is -2.06. The summed E-state index contributed by atoms with van der Waals surface area (Å²) in [6.45, 7) is 0. The van der Waals surface area contributed by atoms with Crippen molar-refractivity contribution in [1.82, 2.24) is 9.97 Å². The van der Waals surface area contributed by atoms with Crippen molar-refractivity contribution in [2.45, 2.75) is 6.42 Å². The molecule has 0 bridgehead atoms. The van der Waals surface area contributed by atoms with Gasteiger partial charge in [-0.1, -0.05) is 12.1 Å². The Morgan fingerprint density at radius 2 is 1.94 bits per heavy atom. The molecule has 80 valence electrons. The van der Waals surface area contributed by atoms with Gasteiger partial charge in [-0.05, 0) is 18.2 Å². The number of Topliss-reactive ketones (excluding diaryl/α,β-unsaturated/α-hetero) is 1. The third-order valence-corrected chi connectivity index (χ3v) is 2.08. The zero-order valence-corrected chi connectivity index (χ0v) is 8.43. The molecule has 2 rings (SSSR count). The van der Waals surface area contributed by atoms with Crippen molar-refractivity contribution in [3.8, 4) is 0 Å². The first-order valence-electron chi connectivity index (χ1n) is 4.80. The predicted octanol–water partition coefficient (Wildman–Crippen LogP) is 2.04. The van der Waals surface area contributed by atoms with Crippen molar-refractivity contribution in [1.29, 1.82) is 0 Å². The smallest absolute Gasteiger partial charge is 0.170 e. The summed E-state index contributed by atoms with van der Waals surface area (Å²) < 4.78 is 12.9. The van der Waals surface area contributed by atoms with Crippen LogP contribution < -0.4 is 0 Å². The fraction of sp³-hybridized carbons (Fsp3) is 0.0833. The van der Waals surface area contributed by atoms with E-state index >= 15 is 0 Å². The highest BCUT2D eigenvalue weighted by atomic mass is 19.1. The average molecular weight is 216 g/mol. The van der Waals surface area contributed by atoms with Crippen LogP contribution in [0.25, 0.3) is 0 Å². The van der Waals surface area contributed by atoms with E-state index in [-0.39, 0.29) is 12.2 Å². The van der Waals surface area contributed by atoms with E-state index in [0.717, 1.165) is 0 Å². The molecule has 0 saturated carbocycles. The zero-order valence-electron chi connectivity index (χ0n) is 8.43. The van der Waals surface area contributed by atoms with Gasteiger partial charge in [-0.3, -0.25) is 4.79 Å². The summed E-state index contributed by atoms with van der Waals surface area (Å²) in [5, 5.41) is 0. The molecule has 0 atom stereocenters. The minimum atomic E-state index is -0.417. The zero-order chi connectivity index (χ0) is 11.4. The number of hydrogen-bond acceptors (Lipinski definition) is 3. The summed E-state index contributed by atoms with van der Waals surface area (Å²) in [7, 11) is 0. The molecule has 1 aromatic heterocycles. The van der Waals surface area contributed by atoms with Crippen LogP contribution in [0, 0.1) is 5.82 Å². The molecule has 1 heterocycles. The molecule has 0 aliphatic carbocycles. The molecule has 0 aliphatic rings. The van der Waals surface area contributed by atoms with E-state index < -0.39 is 5.82 Å². The number of carbonyl (C=O) groups is 1. The molecule has 0 radical (unpaired) electrons. The van der Waals surface area contributed by atoms with Gasteiger partial charge in [0.2, 0.25) is 0 Å². The highest BCUT2D eigenvalue weighted by Crippen LogP contribution is 2.06. The Morgan fingerprint density at radius 3 is 2.62 bits per heavy atom. The minimum absolute atomic E-state index is 0.0876. The van der Waals surface area contributed by atoms with Gasteiger partial charge >= 0.3 is 0 Å². The van der Waals surface area contributed by atoms with E-state index in [1.807, 2.05) is 0 Å². The summed E-state index contributed by atoms with van der Waals surface area (Å²) in [6.07, 6.45) is 3.23. The summed E-state index contributed by atoms with van der Waals surface area (Å²) >= 11 is 0. The SMILES string of the molecule is O=C(Cc1ncccn1)c1cccc(F)c1. The maximum Gasteiger partial charge on any atom is 0.170 e. The Hall–Kier alpha value is -2.10. The van der Waals surface area contributed by atoms with Crippen LogP contribution in [0.15, 0.2) is 42.7 Å². The normalized spacial score (nSPS) is 10.1. The van der Waals surface area contributed by atoms with Gasteiger partial charge in [0.25, 0.3) is 0 Å². The Bertz CT molecular complexity index is 499. The fourth-order valence-corrected chi connectivity index (χ4v) is 1.33. The van der Waals surface area contributed by atoms with Crippen LogP contribution in [0.2, 0.25) is 0 Å². The van der Waals surface area contributed by atoms with Crippen molar-refractivity contribution >= 4 is 5.78 Å². The predicted molar refractivity (Wildman–Crippen MR) is 56.5 cm³/mol. The molecule has 0 saturated heterocycles. The molecule has 0 N–H and O–H groups in total. The fourth-order valence-electron chi connectivity index (χ4n) is 1.33. The van der Waals surface area contributed by atoms with Gasteiger partial charge in [0, 0.05) is 18.0 Å². The lowest BCUT2D eigenvalue weighted by atomic mass is 10.1. The lowest BCUT2D eigenvalue weighted by molar-refractivity contribution is 0.0990. The summed E-state index contributed by atoms with van der Waals surface area (Å²) in [4.78, 5) is 19.6. The van der Waals surface area contributed by atoms with Crippen LogP contribution in [0.5, 0.6) is 0 Å². The van der Waals surface area contributed by atoms with E-state index in [4.69, 9.17) is 0 Å². The van der Waals surface area contributed by atoms with Gasteiger partial charge in [-0.25, -0.2) is 14.4 Å². The first-order valence-corrected chi connectivity index (χ1v) is 4.80. The molecule has 0 amide bonds. The number of benzene rings is 1. The number of nitrogens with zero attached hydrogens (tertiary/aromatic N) is 2. The van der Waals surface area contributed by atoms with Crippen LogP contribution in [-0.4, -0.2) is 15.8 Å². The van der Waals surface area contributed by atoms with Gasteiger partial charge in [0.15, 0.2) is 5.78 Å². The number of carbonyl (C=O) groups excluding carboxylic acids is 1. The Labute approximate surface area is 92.0 Å². The Balaban J connectivity index is 2.15. The molecule has 0 unspecified atom stereocenters. The van der Waals surface area contributed by atoms with Gasteiger partial charge in [0.1, 0.15) is 11.6 Å². The average Bonchev–Trinajstić information content (AvgIpc) is 2.30. The molecule has 4 heteroatoms. The summed E-state index contributed by atoms with van der Waals surface area (Å²) in [5.41, 5.74) is 0.340. The second-order valence-corrected chi connectivity index (χ2v) is 3.28. The second-order valence-electron chi connectivity index (χ2n) is 3.28. The lowest BCUT2D eigenvalue weighted by Gasteiger charge is -1.99. The highest BCUT2D eigenvalue weighted by molar-refractivity contribution is 5.97. The number of halogens is 1. The molecular formula is C12H9FN2O. The van der Waals surface area contributed by atoms with Gasteiger partial charge in [-0.15, -0.1) is 0 Å². The van der Waals surface area contributed by atoms with Crippen molar-refractivity contribution in [3.05, 3.63) is 59.9 Å². The molecule has 3 nitrogen and oxygen atoms in total. The number of aromatic nitrogens is 2. The van der Waals surface area contributed by atoms with Crippen molar-refractivity contribution in [3.63, 3.8) is 0 Å². The Morgan fingerprint density at radius 1 is 1.19 bits per heavy atom. The van der Waals surface area contributed by atoms with Crippen molar-refractivity contribution in [2.75, 3.05) is 0 Å². The molecule has 2 aromatic rings. The van der Waals surface area contributed by atoms with Gasteiger partial charge in [-0.2, -0.15) is 0 Å². The van der Waals surface area contributed by atoms with Crippen molar-refractivity contribution in [2.24, 2.45) is 0 Å². The molecule has 1 aromatic carbocycles. The van der Waals surface area contributed by atoms with Crippen LogP contribution >= 0.6 is 0 Å². The molecular weight excluding hydrogens is 207 g/mol. The minimum Gasteiger partial charge on any atom is -0.294 e. The summed E-state index contributed by atoms with van der Waals surface area (Å²) in [6, 6.07) is 7.28. The van der Waals surface area contributed by atoms with Crippen molar-refractivity contribution < 1.29 is 9.18 Å². The van der Waals surface area contributed by atoms with Crippen LogP contribution in [0.1, 0.15) is 16.2 Å². The second kappa shape index (κ2) is 4.61. The monoisotopic (exact) mass is 216 g/mol. The molecule has 0 fully saturated rings. The largest absolute Gasteiger partial charge is 0.294 e. The van der Waals surface area contributed by atoms with E-state index in [1.165, 1.54) is 18.2 Å². The maximum atomic E-state index is 12.9. The number of ketones is 1. The van der Waals surface area contributed by atoms with Crippen LogP contribution in [-0.2, 0) is 6.42 Å². The third kappa shape index (κ3) is 2.48. The van der Waals surface area contributed by atoms with E-state index in [2.05, 4.69) is 9.97 Å². The Kier molecular flexibility index (Phi) is 3.00. The standard InChI is InChI=1S/C12H9FN2O/c13-10-4-1-3-9(7-10)11(16)8-12-14-5-2-6-15-12/h1-7H,8H2. The molecule has 0 aliphatic heterocycles. The first kappa shape index (κ1) is 10.4. The van der Waals surface area contributed by atoms with E-state index in [9.17, 15) is 9.18 Å². The number of hydrogen-bond donors (Lipinski definition) is 0. The van der Waals surface area contributed by atoms with Gasteiger partial charge in [0.05, 0.1) is 6.42 Å². The highest BCUT2D eigenvalue weighted by Gasteiger charge is 2.08. The van der Waals surface area contributed by atoms with Gasteiger partial charge < -0.3 is 0 Å². The topological polar surface area (TPSA) is 42.9 Å². The third-order valence-electron chi connectivity index (χ3n) is 2.08. The molecule has 0 spiro atoms. The van der Waals surface area contributed by atoms with Crippen LogP contribution in [0.4, 0.5) is 4.39 Å². The quantitative estimate of drug-likeness (QED) is 0.737. The first-order chi connectivity index (χ1) is 7.75.